The summed E-state index contributed by atoms with van der Waals surface area (Å²) < 4.78 is 0. The number of hydrogen-bond acceptors (Lipinski definition) is 2. The number of benzene rings is 2. The minimum Gasteiger partial charge on any atom is -0.253 e. The average molecular weight is 220 g/mol. The van der Waals surface area contributed by atoms with Crippen molar-refractivity contribution in [1.82, 2.24) is 9.97 Å². The van der Waals surface area contributed by atoms with Gasteiger partial charge in [-0.05, 0) is 30.2 Å². The molecule has 2 aromatic carbocycles. The molecule has 0 unspecified atom stereocenters. The van der Waals surface area contributed by atoms with E-state index >= 15 is 0 Å². The Bertz CT molecular complexity index is 660. The molecule has 0 aliphatic carbocycles. The molecule has 0 atom stereocenters. The van der Waals surface area contributed by atoms with Crippen LogP contribution >= 0.6 is 0 Å². The Labute approximate surface area is 100.0 Å². The molecule has 1 aromatic heterocycles. The van der Waals surface area contributed by atoms with Crippen molar-refractivity contribution in [1.29, 1.82) is 0 Å². The van der Waals surface area contributed by atoms with E-state index in [1.807, 2.05) is 18.2 Å². The summed E-state index contributed by atoms with van der Waals surface area (Å²) in [6, 6.07) is 14.5. The van der Waals surface area contributed by atoms with Crippen molar-refractivity contribution in [3.63, 3.8) is 0 Å². The molecule has 0 saturated carbocycles. The number of nitrogens with zero attached hydrogens (tertiary/aromatic N) is 2. The van der Waals surface area contributed by atoms with E-state index in [9.17, 15) is 0 Å². The van der Waals surface area contributed by atoms with E-state index in [1.165, 1.54) is 11.1 Å². The number of aromatic nitrogens is 2. The third kappa shape index (κ3) is 1.78. The summed E-state index contributed by atoms with van der Waals surface area (Å²) >= 11 is 0. The van der Waals surface area contributed by atoms with Crippen molar-refractivity contribution >= 4 is 11.0 Å². The molecule has 17 heavy (non-hydrogen) atoms. The molecule has 2 nitrogen and oxygen atoms in total. The topological polar surface area (TPSA) is 25.8 Å². The Morgan fingerprint density at radius 2 is 1.65 bits per heavy atom. The van der Waals surface area contributed by atoms with Gasteiger partial charge in [0.15, 0.2) is 0 Å². The molecule has 3 rings (SSSR count). The summed E-state index contributed by atoms with van der Waals surface area (Å²) in [4.78, 5) is 8.80. The molecule has 0 bridgehead atoms. The third-order valence-corrected chi connectivity index (χ3v) is 2.80. The molecule has 3 aromatic rings. The van der Waals surface area contributed by atoms with E-state index in [0.717, 1.165) is 16.6 Å². The SMILES string of the molecule is Cc1cc(-c2ccccc2)c2nccnc2c1. The Morgan fingerprint density at radius 1 is 0.882 bits per heavy atom. The second-order valence-electron chi connectivity index (χ2n) is 4.10. The summed E-state index contributed by atoms with van der Waals surface area (Å²) in [7, 11) is 0. The lowest BCUT2D eigenvalue weighted by atomic mass is 10.0. The Kier molecular flexibility index (Phi) is 2.33. The van der Waals surface area contributed by atoms with Crippen molar-refractivity contribution in [3.05, 3.63) is 60.4 Å². The van der Waals surface area contributed by atoms with E-state index in [2.05, 4.69) is 41.2 Å². The van der Waals surface area contributed by atoms with Gasteiger partial charge in [0, 0.05) is 18.0 Å². The zero-order chi connectivity index (χ0) is 11.7. The summed E-state index contributed by atoms with van der Waals surface area (Å²) in [5.41, 5.74) is 5.45. The molecule has 0 aliphatic rings. The predicted octanol–water partition coefficient (Wildman–Crippen LogP) is 3.61. The maximum absolute atomic E-state index is 4.44. The maximum atomic E-state index is 4.44. The number of aryl methyl sites for hydroxylation is 1. The van der Waals surface area contributed by atoms with E-state index in [-0.39, 0.29) is 0 Å². The van der Waals surface area contributed by atoms with Gasteiger partial charge in [0.2, 0.25) is 0 Å². The average Bonchev–Trinajstić information content (AvgIpc) is 2.39. The van der Waals surface area contributed by atoms with Crippen LogP contribution in [0.1, 0.15) is 5.56 Å². The number of rotatable bonds is 1. The fourth-order valence-electron chi connectivity index (χ4n) is 2.05. The summed E-state index contributed by atoms with van der Waals surface area (Å²) in [5, 5.41) is 0. The lowest BCUT2D eigenvalue weighted by molar-refractivity contribution is 1.28. The zero-order valence-corrected chi connectivity index (χ0v) is 9.59. The van der Waals surface area contributed by atoms with Crippen molar-refractivity contribution in [3.8, 4) is 11.1 Å². The smallest absolute Gasteiger partial charge is 0.0965 e. The molecular formula is C15H12N2. The third-order valence-electron chi connectivity index (χ3n) is 2.80. The van der Waals surface area contributed by atoms with Gasteiger partial charge in [0.25, 0.3) is 0 Å². The van der Waals surface area contributed by atoms with Gasteiger partial charge in [-0.15, -0.1) is 0 Å². The second-order valence-corrected chi connectivity index (χ2v) is 4.10. The molecular weight excluding hydrogens is 208 g/mol. The molecule has 0 spiro atoms. The van der Waals surface area contributed by atoms with E-state index in [1.54, 1.807) is 12.4 Å². The normalized spacial score (nSPS) is 10.6. The summed E-state index contributed by atoms with van der Waals surface area (Å²) in [6.07, 6.45) is 3.47. The summed E-state index contributed by atoms with van der Waals surface area (Å²) in [5.74, 6) is 0. The maximum Gasteiger partial charge on any atom is 0.0965 e. The first-order valence-corrected chi connectivity index (χ1v) is 5.61. The molecule has 0 fully saturated rings. The zero-order valence-electron chi connectivity index (χ0n) is 9.59. The van der Waals surface area contributed by atoms with Crippen LogP contribution in [0.15, 0.2) is 54.9 Å². The molecule has 0 saturated heterocycles. The highest BCUT2D eigenvalue weighted by molar-refractivity contribution is 5.91. The van der Waals surface area contributed by atoms with Crippen molar-refractivity contribution in [2.24, 2.45) is 0 Å². The van der Waals surface area contributed by atoms with Crippen molar-refractivity contribution in [2.75, 3.05) is 0 Å². The van der Waals surface area contributed by atoms with Crippen LogP contribution in [0.4, 0.5) is 0 Å². The van der Waals surface area contributed by atoms with Gasteiger partial charge in [-0.2, -0.15) is 0 Å². The molecule has 0 radical (unpaired) electrons. The highest BCUT2D eigenvalue weighted by Gasteiger charge is 2.06. The van der Waals surface area contributed by atoms with Gasteiger partial charge >= 0.3 is 0 Å². The number of fused-ring (bicyclic) bond motifs is 1. The van der Waals surface area contributed by atoms with Crippen molar-refractivity contribution < 1.29 is 0 Å². The van der Waals surface area contributed by atoms with Crippen LogP contribution in [0.3, 0.4) is 0 Å². The highest BCUT2D eigenvalue weighted by Crippen LogP contribution is 2.27. The first-order chi connectivity index (χ1) is 8.34. The monoisotopic (exact) mass is 220 g/mol. The fraction of sp³-hybridized carbons (Fsp3) is 0.0667. The summed E-state index contributed by atoms with van der Waals surface area (Å²) in [6.45, 7) is 2.08. The lowest BCUT2D eigenvalue weighted by Gasteiger charge is -2.06. The Morgan fingerprint density at radius 3 is 2.47 bits per heavy atom. The van der Waals surface area contributed by atoms with Gasteiger partial charge in [0.1, 0.15) is 0 Å². The molecule has 1 heterocycles. The van der Waals surface area contributed by atoms with Crippen LogP contribution in [-0.2, 0) is 0 Å². The largest absolute Gasteiger partial charge is 0.253 e. The highest BCUT2D eigenvalue weighted by atomic mass is 14.8. The van der Waals surface area contributed by atoms with Crippen LogP contribution in [0.2, 0.25) is 0 Å². The minimum absolute atomic E-state index is 0.950. The van der Waals surface area contributed by atoms with E-state index in [0.29, 0.717) is 0 Å². The van der Waals surface area contributed by atoms with E-state index < -0.39 is 0 Å². The van der Waals surface area contributed by atoms with Crippen LogP contribution in [0, 0.1) is 6.92 Å². The van der Waals surface area contributed by atoms with Gasteiger partial charge in [-0.25, -0.2) is 0 Å². The molecule has 0 N–H and O–H groups in total. The molecule has 0 amide bonds. The van der Waals surface area contributed by atoms with Crippen LogP contribution in [-0.4, -0.2) is 9.97 Å². The first-order valence-electron chi connectivity index (χ1n) is 5.61. The fourth-order valence-corrected chi connectivity index (χ4v) is 2.05. The first kappa shape index (κ1) is 9.97. The Balaban J connectivity index is 2.36. The molecule has 82 valence electrons. The van der Waals surface area contributed by atoms with Gasteiger partial charge in [0.05, 0.1) is 11.0 Å². The predicted molar refractivity (Wildman–Crippen MR) is 69.7 cm³/mol. The minimum atomic E-state index is 0.950. The number of hydrogen-bond donors (Lipinski definition) is 0. The molecule has 0 aliphatic heterocycles. The van der Waals surface area contributed by atoms with Crippen LogP contribution < -0.4 is 0 Å². The molecule has 2 heteroatoms. The van der Waals surface area contributed by atoms with Gasteiger partial charge in [-0.3, -0.25) is 9.97 Å². The van der Waals surface area contributed by atoms with Crippen molar-refractivity contribution in [2.45, 2.75) is 6.92 Å². The Hall–Kier alpha value is -2.22. The van der Waals surface area contributed by atoms with Gasteiger partial charge < -0.3 is 0 Å². The van der Waals surface area contributed by atoms with E-state index in [4.69, 9.17) is 0 Å². The standard InChI is InChI=1S/C15H12N2/c1-11-9-13(12-5-3-2-4-6-12)15-14(10-11)16-7-8-17-15/h2-10H,1H3. The second kappa shape index (κ2) is 3.98. The van der Waals surface area contributed by atoms with Gasteiger partial charge in [-0.1, -0.05) is 30.3 Å². The van der Waals surface area contributed by atoms with Crippen LogP contribution in [0.25, 0.3) is 22.2 Å². The quantitative estimate of drug-likeness (QED) is 0.626. The van der Waals surface area contributed by atoms with Crippen LogP contribution in [0.5, 0.6) is 0 Å². The lowest BCUT2D eigenvalue weighted by Crippen LogP contribution is -1.88.